The number of halogens is 1. The second-order valence-electron chi connectivity index (χ2n) is 5.25. The van der Waals surface area contributed by atoms with Crippen LogP contribution in [-0.2, 0) is 9.53 Å². The Bertz CT molecular complexity index is 526. The summed E-state index contributed by atoms with van der Waals surface area (Å²) >= 11 is 7.38. The van der Waals surface area contributed by atoms with Gasteiger partial charge in [0.1, 0.15) is 11.0 Å². The lowest BCUT2D eigenvalue weighted by Gasteiger charge is -2.33. The molecule has 0 unspecified atom stereocenters. The Morgan fingerprint density at radius 2 is 2.13 bits per heavy atom. The van der Waals surface area contributed by atoms with Gasteiger partial charge in [-0.1, -0.05) is 23.4 Å². The number of ether oxygens (including phenoxy) is 1. The second-order valence-corrected chi connectivity index (χ2v) is 6.58. The third-order valence-corrected chi connectivity index (χ3v) is 4.49. The lowest BCUT2D eigenvalue weighted by Crippen LogP contribution is -2.44. The topological polar surface area (TPSA) is 70.6 Å². The van der Waals surface area contributed by atoms with E-state index in [0.717, 1.165) is 32.0 Å². The highest BCUT2D eigenvalue weighted by atomic mass is 35.5. The molecule has 2 rings (SSSR count). The Hall–Kier alpha value is -1.09. The van der Waals surface area contributed by atoms with Crippen molar-refractivity contribution in [2.24, 2.45) is 0 Å². The van der Waals surface area contributed by atoms with E-state index in [1.165, 1.54) is 11.8 Å². The van der Waals surface area contributed by atoms with E-state index in [9.17, 15) is 4.79 Å². The SMILES string of the molecule is COCCNC(=O)CSc1nc(Cl)cc(N2CCN(C)CC2)n1. The van der Waals surface area contributed by atoms with E-state index in [4.69, 9.17) is 16.3 Å². The zero-order valence-electron chi connectivity index (χ0n) is 13.4. The molecule has 1 saturated heterocycles. The molecule has 9 heteroatoms. The van der Waals surface area contributed by atoms with Gasteiger partial charge in [0.2, 0.25) is 5.91 Å². The largest absolute Gasteiger partial charge is 0.383 e. The fourth-order valence-corrected chi connectivity index (χ4v) is 3.03. The third-order valence-electron chi connectivity index (χ3n) is 3.45. The summed E-state index contributed by atoms with van der Waals surface area (Å²) in [4.78, 5) is 24.9. The Kier molecular flexibility index (Phi) is 7.35. The standard InChI is InChI=1S/C14H22ClN5O2S/c1-19-4-6-20(7-5-19)12-9-11(15)17-14(18-12)23-10-13(21)16-3-8-22-2/h9H,3-8,10H2,1-2H3,(H,16,21). The maximum Gasteiger partial charge on any atom is 0.230 e. The molecule has 23 heavy (non-hydrogen) atoms. The van der Waals surface area contributed by atoms with E-state index in [0.29, 0.717) is 23.5 Å². The van der Waals surface area contributed by atoms with E-state index < -0.39 is 0 Å². The molecule has 1 aromatic rings. The van der Waals surface area contributed by atoms with Crippen LogP contribution in [0.5, 0.6) is 0 Å². The molecule has 1 fully saturated rings. The number of thioether (sulfide) groups is 1. The van der Waals surface area contributed by atoms with Crippen LogP contribution in [0.3, 0.4) is 0 Å². The number of hydrogen-bond donors (Lipinski definition) is 1. The molecule has 1 aromatic heterocycles. The van der Waals surface area contributed by atoms with Gasteiger partial charge < -0.3 is 19.9 Å². The molecule has 0 saturated carbocycles. The molecule has 0 radical (unpaired) electrons. The summed E-state index contributed by atoms with van der Waals surface area (Å²) in [5.74, 6) is 1.00. The molecule has 1 N–H and O–H groups in total. The van der Waals surface area contributed by atoms with Crippen LogP contribution in [0.2, 0.25) is 5.15 Å². The molecule has 0 aliphatic carbocycles. The average molecular weight is 360 g/mol. The van der Waals surface area contributed by atoms with Gasteiger partial charge in [0.25, 0.3) is 0 Å². The Morgan fingerprint density at radius 3 is 2.83 bits per heavy atom. The molecule has 0 aromatic carbocycles. The number of amides is 1. The second kappa shape index (κ2) is 9.27. The monoisotopic (exact) mass is 359 g/mol. The van der Waals surface area contributed by atoms with Gasteiger partial charge in [-0.25, -0.2) is 9.97 Å². The minimum atomic E-state index is -0.0724. The van der Waals surface area contributed by atoms with Crippen LogP contribution in [0, 0.1) is 0 Å². The molecule has 0 atom stereocenters. The highest BCUT2D eigenvalue weighted by molar-refractivity contribution is 7.99. The zero-order valence-corrected chi connectivity index (χ0v) is 15.0. The molecule has 128 valence electrons. The van der Waals surface area contributed by atoms with E-state index in [1.54, 1.807) is 13.2 Å². The van der Waals surface area contributed by atoms with E-state index in [-0.39, 0.29) is 11.7 Å². The summed E-state index contributed by atoms with van der Waals surface area (Å²) in [6.07, 6.45) is 0. The van der Waals surface area contributed by atoms with Crippen LogP contribution in [0.15, 0.2) is 11.2 Å². The van der Waals surface area contributed by atoms with Gasteiger partial charge in [0, 0.05) is 45.9 Å². The normalized spacial score (nSPS) is 15.7. The minimum absolute atomic E-state index is 0.0724. The summed E-state index contributed by atoms with van der Waals surface area (Å²) in [6.45, 7) is 4.80. The fraction of sp³-hybridized carbons (Fsp3) is 0.643. The van der Waals surface area contributed by atoms with Gasteiger partial charge in [0.15, 0.2) is 5.16 Å². The van der Waals surface area contributed by atoms with Gasteiger partial charge >= 0.3 is 0 Å². The first-order chi connectivity index (χ1) is 11.1. The highest BCUT2D eigenvalue weighted by Crippen LogP contribution is 2.22. The van der Waals surface area contributed by atoms with Crippen LogP contribution in [-0.4, -0.2) is 80.0 Å². The molecule has 1 aliphatic rings. The van der Waals surface area contributed by atoms with Crippen molar-refractivity contribution in [2.45, 2.75) is 5.16 Å². The van der Waals surface area contributed by atoms with Crippen molar-refractivity contribution in [3.05, 3.63) is 11.2 Å². The fourth-order valence-electron chi connectivity index (χ4n) is 2.12. The van der Waals surface area contributed by atoms with Crippen molar-refractivity contribution in [1.82, 2.24) is 20.2 Å². The summed E-state index contributed by atoms with van der Waals surface area (Å²) in [5.41, 5.74) is 0. The summed E-state index contributed by atoms with van der Waals surface area (Å²) in [7, 11) is 3.70. The van der Waals surface area contributed by atoms with Crippen LogP contribution in [0.4, 0.5) is 5.82 Å². The molecule has 1 amide bonds. The number of carbonyl (C=O) groups excluding carboxylic acids is 1. The number of hydrogen-bond acceptors (Lipinski definition) is 7. The number of aromatic nitrogens is 2. The third kappa shape index (κ3) is 6.14. The molecular formula is C14H22ClN5O2S. The molecule has 0 spiro atoms. The summed E-state index contributed by atoms with van der Waals surface area (Å²) in [5, 5.41) is 3.68. The van der Waals surface area contributed by atoms with Crippen LogP contribution in [0.25, 0.3) is 0 Å². The van der Waals surface area contributed by atoms with E-state index in [1.807, 2.05) is 0 Å². The number of carbonyl (C=O) groups is 1. The molecule has 7 nitrogen and oxygen atoms in total. The predicted molar refractivity (Wildman–Crippen MR) is 92.4 cm³/mol. The lowest BCUT2D eigenvalue weighted by atomic mass is 10.3. The quantitative estimate of drug-likeness (QED) is 0.333. The number of rotatable bonds is 7. The van der Waals surface area contributed by atoms with Crippen molar-refractivity contribution >= 4 is 35.1 Å². The average Bonchev–Trinajstić information content (AvgIpc) is 2.53. The van der Waals surface area contributed by atoms with E-state index in [2.05, 4.69) is 32.1 Å². The van der Waals surface area contributed by atoms with Crippen molar-refractivity contribution in [3.8, 4) is 0 Å². The maximum absolute atomic E-state index is 11.7. The number of nitrogens with one attached hydrogen (secondary N) is 1. The summed E-state index contributed by atoms with van der Waals surface area (Å²) < 4.78 is 4.89. The van der Waals surface area contributed by atoms with Crippen molar-refractivity contribution in [2.75, 3.05) is 64.1 Å². The molecule has 2 heterocycles. The number of likely N-dealkylation sites (N-methyl/N-ethyl adjacent to an activating group) is 1. The van der Waals surface area contributed by atoms with Gasteiger partial charge in [-0.2, -0.15) is 0 Å². The maximum atomic E-state index is 11.7. The number of anilines is 1. The highest BCUT2D eigenvalue weighted by Gasteiger charge is 2.17. The Labute approximate surface area is 145 Å². The minimum Gasteiger partial charge on any atom is -0.383 e. The number of nitrogens with zero attached hydrogens (tertiary/aromatic N) is 4. The van der Waals surface area contributed by atoms with Gasteiger partial charge in [-0.05, 0) is 7.05 Å². The van der Waals surface area contributed by atoms with Crippen LogP contribution in [0.1, 0.15) is 0 Å². The van der Waals surface area contributed by atoms with Crippen LogP contribution < -0.4 is 10.2 Å². The summed E-state index contributed by atoms with van der Waals surface area (Å²) in [6, 6.07) is 1.77. The van der Waals surface area contributed by atoms with Gasteiger partial charge in [0.05, 0.1) is 12.4 Å². The smallest absolute Gasteiger partial charge is 0.230 e. The van der Waals surface area contributed by atoms with E-state index >= 15 is 0 Å². The molecular weight excluding hydrogens is 338 g/mol. The zero-order chi connectivity index (χ0) is 16.7. The number of methoxy groups -OCH3 is 1. The molecule has 1 aliphatic heterocycles. The Balaban J connectivity index is 1.91. The first-order valence-corrected chi connectivity index (χ1v) is 8.81. The van der Waals surface area contributed by atoms with Crippen molar-refractivity contribution < 1.29 is 9.53 Å². The van der Waals surface area contributed by atoms with Gasteiger partial charge in [-0.3, -0.25) is 4.79 Å². The van der Waals surface area contributed by atoms with Crippen molar-refractivity contribution in [3.63, 3.8) is 0 Å². The van der Waals surface area contributed by atoms with Crippen molar-refractivity contribution in [1.29, 1.82) is 0 Å². The molecule has 0 bridgehead atoms. The first-order valence-electron chi connectivity index (χ1n) is 7.45. The van der Waals surface area contributed by atoms with Crippen LogP contribution >= 0.6 is 23.4 Å². The first kappa shape index (κ1) is 18.3. The predicted octanol–water partition coefficient (Wildman–Crippen LogP) is 0.736. The number of piperazine rings is 1. The Morgan fingerprint density at radius 1 is 1.39 bits per heavy atom. The lowest BCUT2D eigenvalue weighted by molar-refractivity contribution is -0.118. The van der Waals surface area contributed by atoms with Gasteiger partial charge in [-0.15, -0.1) is 0 Å².